The first-order chi connectivity index (χ1) is 11.4. The van der Waals surface area contributed by atoms with Crippen LogP contribution in [0.2, 0.25) is 0 Å². The Balaban J connectivity index is 2.37. The molecular formula is C16H18N4O3S. The van der Waals surface area contributed by atoms with E-state index in [4.69, 9.17) is 0 Å². The molecular weight excluding hydrogens is 328 g/mol. The van der Waals surface area contributed by atoms with E-state index in [0.717, 1.165) is 4.31 Å². The van der Waals surface area contributed by atoms with Crippen LogP contribution in [0, 0.1) is 0 Å². The maximum Gasteiger partial charge on any atom is 0.264 e. The van der Waals surface area contributed by atoms with Crippen LogP contribution in [0.1, 0.15) is 13.8 Å². The molecule has 0 aliphatic rings. The Morgan fingerprint density at radius 1 is 1.17 bits per heavy atom. The number of hydrogen-bond acceptors (Lipinski definition) is 5. The molecule has 1 aromatic heterocycles. The van der Waals surface area contributed by atoms with E-state index in [-0.39, 0.29) is 4.90 Å². The zero-order chi connectivity index (χ0) is 17.6. The van der Waals surface area contributed by atoms with Crippen molar-refractivity contribution in [1.82, 2.24) is 10.4 Å². The Labute approximate surface area is 141 Å². The number of nitrogens with zero attached hydrogens (tertiary/aromatic N) is 3. The van der Waals surface area contributed by atoms with E-state index in [9.17, 15) is 13.2 Å². The van der Waals surface area contributed by atoms with Gasteiger partial charge in [-0.05, 0) is 38.1 Å². The standard InChI is InChI=1S/C16H18N4O3S/c1-13(2)18-19-16(21)12-20(14-7-6-10-17-11-14)24(22,23)15-8-4-3-5-9-15/h3-11H,12H2,1-2H3,(H,19,21). The fourth-order valence-corrected chi connectivity index (χ4v) is 3.30. The van der Waals surface area contributed by atoms with Crippen molar-refractivity contribution < 1.29 is 13.2 Å². The molecule has 24 heavy (non-hydrogen) atoms. The quantitative estimate of drug-likeness (QED) is 0.637. The first kappa shape index (κ1) is 17.6. The zero-order valence-electron chi connectivity index (χ0n) is 13.4. The van der Waals surface area contributed by atoms with Gasteiger partial charge in [-0.3, -0.25) is 14.1 Å². The van der Waals surface area contributed by atoms with Gasteiger partial charge in [0.2, 0.25) is 0 Å². The highest BCUT2D eigenvalue weighted by molar-refractivity contribution is 7.92. The molecule has 1 N–H and O–H groups in total. The van der Waals surface area contributed by atoms with Crippen LogP contribution in [-0.2, 0) is 14.8 Å². The Morgan fingerprint density at radius 3 is 2.46 bits per heavy atom. The molecule has 2 aromatic rings. The number of nitrogens with one attached hydrogen (secondary N) is 1. The largest absolute Gasteiger partial charge is 0.271 e. The van der Waals surface area contributed by atoms with E-state index in [1.54, 1.807) is 44.2 Å². The summed E-state index contributed by atoms with van der Waals surface area (Å²) in [6.07, 6.45) is 2.92. The average Bonchev–Trinajstić information content (AvgIpc) is 2.59. The fourth-order valence-electron chi connectivity index (χ4n) is 1.88. The predicted molar refractivity (Wildman–Crippen MR) is 92.1 cm³/mol. The van der Waals surface area contributed by atoms with Gasteiger partial charge in [-0.1, -0.05) is 18.2 Å². The second-order valence-corrected chi connectivity index (χ2v) is 6.99. The van der Waals surface area contributed by atoms with Gasteiger partial charge in [-0.2, -0.15) is 5.10 Å². The summed E-state index contributed by atoms with van der Waals surface area (Å²) in [4.78, 5) is 16.1. The normalized spacial score (nSPS) is 10.8. The molecule has 0 spiro atoms. The molecule has 0 saturated carbocycles. The summed E-state index contributed by atoms with van der Waals surface area (Å²) in [5.74, 6) is -0.542. The van der Waals surface area contributed by atoms with Gasteiger partial charge in [0.1, 0.15) is 6.54 Å². The molecule has 2 rings (SSSR count). The molecule has 126 valence electrons. The van der Waals surface area contributed by atoms with Crippen LogP contribution < -0.4 is 9.73 Å². The van der Waals surface area contributed by atoms with Crippen LogP contribution in [0.25, 0.3) is 0 Å². The van der Waals surface area contributed by atoms with Crippen molar-refractivity contribution >= 4 is 27.3 Å². The van der Waals surface area contributed by atoms with E-state index >= 15 is 0 Å². The van der Waals surface area contributed by atoms with Crippen LogP contribution >= 0.6 is 0 Å². The minimum Gasteiger partial charge on any atom is -0.271 e. The maximum atomic E-state index is 12.9. The van der Waals surface area contributed by atoms with E-state index in [0.29, 0.717) is 11.4 Å². The van der Waals surface area contributed by atoms with E-state index in [1.807, 2.05) is 0 Å². The summed E-state index contributed by atoms with van der Waals surface area (Å²) >= 11 is 0. The molecule has 1 heterocycles. The fraction of sp³-hybridized carbons (Fsp3) is 0.188. The molecule has 0 saturated heterocycles. The van der Waals surface area contributed by atoms with Crippen molar-refractivity contribution in [2.45, 2.75) is 18.7 Å². The second-order valence-electron chi connectivity index (χ2n) is 5.13. The summed E-state index contributed by atoms with van der Waals surface area (Å²) < 4.78 is 26.8. The lowest BCUT2D eigenvalue weighted by Crippen LogP contribution is -2.39. The number of sulfonamides is 1. The summed E-state index contributed by atoms with van der Waals surface area (Å²) in [7, 11) is -3.90. The van der Waals surface area contributed by atoms with Crippen molar-refractivity contribution in [1.29, 1.82) is 0 Å². The zero-order valence-corrected chi connectivity index (χ0v) is 14.2. The molecule has 0 bridgehead atoms. The topological polar surface area (TPSA) is 91.7 Å². The van der Waals surface area contributed by atoms with Gasteiger partial charge in [0, 0.05) is 11.9 Å². The van der Waals surface area contributed by atoms with Crippen LogP contribution in [0.15, 0.2) is 64.9 Å². The van der Waals surface area contributed by atoms with Crippen LogP contribution in [0.4, 0.5) is 5.69 Å². The number of carbonyl (C=O) groups excluding carboxylic acids is 1. The first-order valence-electron chi connectivity index (χ1n) is 7.19. The molecule has 7 nitrogen and oxygen atoms in total. The Hall–Kier alpha value is -2.74. The summed E-state index contributed by atoms with van der Waals surface area (Å²) in [5.41, 5.74) is 3.28. The van der Waals surface area contributed by atoms with Crippen LogP contribution in [0.5, 0.6) is 0 Å². The molecule has 1 amide bonds. The Morgan fingerprint density at radius 2 is 1.88 bits per heavy atom. The van der Waals surface area contributed by atoms with E-state index in [2.05, 4.69) is 15.5 Å². The van der Waals surface area contributed by atoms with Gasteiger partial charge >= 0.3 is 0 Å². The summed E-state index contributed by atoms with van der Waals surface area (Å²) in [5, 5.41) is 3.81. The maximum absolute atomic E-state index is 12.9. The second kappa shape index (κ2) is 7.69. The highest BCUT2D eigenvalue weighted by atomic mass is 32.2. The van der Waals surface area contributed by atoms with Gasteiger partial charge in [0.25, 0.3) is 15.9 Å². The number of amides is 1. The summed E-state index contributed by atoms with van der Waals surface area (Å²) in [6, 6.07) is 11.1. The van der Waals surface area contributed by atoms with Gasteiger partial charge in [-0.25, -0.2) is 13.8 Å². The van der Waals surface area contributed by atoms with Crippen molar-refractivity contribution in [3.63, 3.8) is 0 Å². The molecule has 0 radical (unpaired) electrons. The SMILES string of the molecule is CC(C)=NNC(=O)CN(c1cccnc1)S(=O)(=O)c1ccccc1. The van der Waals surface area contributed by atoms with Crippen molar-refractivity contribution in [2.24, 2.45) is 5.10 Å². The Kier molecular flexibility index (Phi) is 5.64. The minimum atomic E-state index is -3.90. The highest BCUT2D eigenvalue weighted by Crippen LogP contribution is 2.22. The van der Waals surface area contributed by atoms with Crippen molar-refractivity contribution in [3.8, 4) is 0 Å². The van der Waals surface area contributed by atoms with E-state index < -0.39 is 22.5 Å². The lowest BCUT2D eigenvalue weighted by Gasteiger charge is -2.23. The first-order valence-corrected chi connectivity index (χ1v) is 8.63. The average molecular weight is 346 g/mol. The predicted octanol–water partition coefficient (Wildman–Crippen LogP) is 1.79. The molecule has 1 aromatic carbocycles. The van der Waals surface area contributed by atoms with E-state index in [1.165, 1.54) is 24.5 Å². The van der Waals surface area contributed by atoms with Crippen LogP contribution in [-0.4, -0.2) is 31.6 Å². The van der Waals surface area contributed by atoms with Crippen molar-refractivity contribution in [3.05, 3.63) is 54.9 Å². The lowest BCUT2D eigenvalue weighted by atomic mass is 10.4. The van der Waals surface area contributed by atoms with Gasteiger partial charge in [-0.15, -0.1) is 0 Å². The van der Waals surface area contributed by atoms with Crippen LogP contribution in [0.3, 0.4) is 0 Å². The summed E-state index contributed by atoms with van der Waals surface area (Å²) in [6.45, 7) is 3.04. The lowest BCUT2D eigenvalue weighted by molar-refractivity contribution is -0.119. The molecule has 0 unspecified atom stereocenters. The smallest absolute Gasteiger partial charge is 0.264 e. The molecule has 0 fully saturated rings. The number of benzene rings is 1. The number of rotatable bonds is 6. The van der Waals surface area contributed by atoms with Crippen molar-refractivity contribution in [2.75, 3.05) is 10.8 Å². The van der Waals surface area contributed by atoms with Gasteiger partial charge < -0.3 is 0 Å². The number of carbonyl (C=O) groups is 1. The molecule has 0 atom stereocenters. The third kappa shape index (κ3) is 4.39. The number of aromatic nitrogens is 1. The highest BCUT2D eigenvalue weighted by Gasteiger charge is 2.27. The molecule has 0 aliphatic heterocycles. The van der Waals surface area contributed by atoms with Gasteiger partial charge in [0.05, 0.1) is 16.8 Å². The Bertz CT molecular complexity index is 817. The number of pyridine rings is 1. The third-order valence-electron chi connectivity index (χ3n) is 2.96. The molecule has 0 aliphatic carbocycles. The number of hydrogen-bond donors (Lipinski definition) is 1. The number of hydrazone groups is 1. The third-order valence-corrected chi connectivity index (χ3v) is 4.74. The monoisotopic (exact) mass is 346 g/mol. The minimum absolute atomic E-state index is 0.0943. The molecule has 8 heteroatoms. The van der Waals surface area contributed by atoms with Gasteiger partial charge in [0.15, 0.2) is 0 Å². The number of anilines is 1.